The highest BCUT2D eigenvalue weighted by molar-refractivity contribution is 5.96. The number of aliphatic carboxylic acids is 1. The van der Waals surface area contributed by atoms with Crippen molar-refractivity contribution in [3.05, 3.63) is 29.6 Å². The molecule has 0 aliphatic heterocycles. The Morgan fingerprint density at radius 1 is 1.37 bits per heavy atom. The van der Waals surface area contributed by atoms with Crippen LogP contribution in [-0.2, 0) is 11.0 Å². The van der Waals surface area contributed by atoms with Crippen LogP contribution in [0.4, 0.5) is 13.2 Å². The number of hydrogen-bond acceptors (Lipinski definition) is 4. The summed E-state index contributed by atoms with van der Waals surface area (Å²) in [6, 6.07) is -0.0692. The molecule has 0 radical (unpaired) electrons. The molecule has 1 aromatic rings. The summed E-state index contributed by atoms with van der Waals surface area (Å²) in [6.07, 6.45) is -3.95. The van der Waals surface area contributed by atoms with Crippen LogP contribution in [-0.4, -0.2) is 39.7 Å². The number of carbonyl (C=O) groups excluding carboxylic acids is 1. The van der Waals surface area contributed by atoms with E-state index in [-0.39, 0.29) is 5.56 Å². The number of pyridine rings is 1. The van der Waals surface area contributed by atoms with Crippen molar-refractivity contribution < 1.29 is 33.0 Å². The maximum atomic E-state index is 12.2. The smallest absolute Gasteiger partial charge is 0.433 e. The van der Waals surface area contributed by atoms with Crippen molar-refractivity contribution in [1.82, 2.24) is 10.3 Å². The molecule has 0 aliphatic rings. The van der Waals surface area contributed by atoms with Gasteiger partial charge in [-0.2, -0.15) is 13.2 Å². The predicted octanol–water partition coefficient (Wildman–Crippen LogP) is 0.276. The van der Waals surface area contributed by atoms with Crippen LogP contribution in [0.5, 0.6) is 0 Å². The standard InChI is InChI=1S/C10H9F3N2O4/c11-10(12,13)7-2-1-5(3-14-7)8(17)15-6(4-16)9(18)19/h1-3,6,16H,4H2,(H,15,17)(H,18,19)/t6-/m0/s1. The van der Waals surface area contributed by atoms with E-state index >= 15 is 0 Å². The fourth-order valence-corrected chi connectivity index (χ4v) is 1.12. The summed E-state index contributed by atoms with van der Waals surface area (Å²) < 4.78 is 36.7. The third kappa shape index (κ3) is 3.91. The molecule has 0 saturated carbocycles. The van der Waals surface area contributed by atoms with Crippen LogP contribution in [0.3, 0.4) is 0 Å². The first kappa shape index (κ1) is 14.9. The SMILES string of the molecule is O=C(N[C@@H](CO)C(=O)O)c1ccc(C(F)(F)F)nc1. The molecular weight excluding hydrogens is 269 g/mol. The average molecular weight is 278 g/mol. The lowest BCUT2D eigenvalue weighted by Gasteiger charge is -2.11. The first-order chi connectivity index (χ1) is 8.75. The molecule has 0 aromatic carbocycles. The third-order valence-corrected chi connectivity index (χ3v) is 2.10. The molecule has 1 heterocycles. The number of nitrogens with zero attached hydrogens (tertiary/aromatic N) is 1. The lowest BCUT2D eigenvalue weighted by atomic mass is 10.2. The third-order valence-electron chi connectivity index (χ3n) is 2.10. The zero-order valence-electron chi connectivity index (χ0n) is 9.31. The molecule has 19 heavy (non-hydrogen) atoms. The fourth-order valence-electron chi connectivity index (χ4n) is 1.12. The van der Waals surface area contributed by atoms with Gasteiger partial charge in [-0.15, -0.1) is 0 Å². The van der Waals surface area contributed by atoms with Gasteiger partial charge in [0.25, 0.3) is 5.91 Å². The molecule has 1 amide bonds. The van der Waals surface area contributed by atoms with E-state index in [4.69, 9.17) is 10.2 Å². The van der Waals surface area contributed by atoms with Crippen molar-refractivity contribution in [2.45, 2.75) is 12.2 Å². The Balaban J connectivity index is 2.81. The van der Waals surface area contributed by atoms with Crippen molar-refractivity contribution in [3.8, 4) is 0 Å². The van der Waals surface area contributed by atoms with Crippen molar-refractivity contribution in [2.24, 2.45) is 0 Å². The van der Waals surface area contributed by atoms with Crippen molar-refractivity contribution in [2.75, 3.05) is 6.61 Å². The summed E-state index contributed by atoms with van der Waals surface area (Å²) in [4.78, 5) is 25.1. The summed E-state index contributed by atoms with van der Waals surface area (Å²) >= 11 is 0. The maximum absolute atomic E-state index is 12.2. The number of halogens is 3. The van der Waals surface area contributed by atoms with Crippen molar-refractivity contribution in [3.63, 3.8) is 0 Å². The summed E-state index contributed by atoms with van der Waals surface area (Å²) in [5.41, 5.74) is -1.41. The second-order valence-corrected chi connectivity index (χ2v) is 3.48. The molecular formula is C10H9F3N2O4. The van der Waals surface area contributed by atoms with Crippen molar-refractivity contribution >= 4 is 11.9 Å². The van der Waals surface area contributed by atoms with Crippen LogP contribution in [0.25, 0.3) is 0 Å². The first-order valence-electron chi connectivity index (χ1n) is 4.93. The van der Waals surface area contributed by atoms with Gasteiger partial charge < -0.3 is 15.5 Å². The quantitative estimate of drug-likeness (QED) is 0.734. The molecule has 0 unspecified atom stereocenters. The predicted molar refractivity (Wildman–Crippen MR) is 55.2 cm³/mol. The minimum Gasteiger partial charge on any atom is -0.480 e. The zero-order valence-corrected chi connectivity index (χ0v) is 9.31. The average Bonchev–Trinajstić information content (AvgIpc) is 2.34. The van der Waals surface area contributed by atoms with Gasteiger partial charge in [-0.25, -0.2) is 4.79 Å². The summed E-state index contributed by atoms with van der Waals surface area (Å²) in [5.74, 6) is -2.40. The maximum Gasteiger partial charge on any atom is 0.433 e. The molecule has 0 aliphatic carbocycles. The molecule has 6 nitrogen and oxygen atoms in total. The van der Waals surface area contributed by atoms with Crippen LogP contribution >= 0.6 is 0 Å². The number of aromatic nitrogens is 1. The minimum atomic E-state index is -4.62. The summed E-state index contributed by atoms with van der Waals surface area (Å²) in [6.45, 7) is -0.838. The first-order valence-corrected chi connectivity index (χ1v) is 4.93. The Bertz CT molecular complexity index is 473. The Hall–Kier alpha value is -2.16. The number of carbonyl (C=O) groups is 2. The van der Waals surface area contributed by atoms with E-state index in [2.05, 4.69) is 4.98 Å². The van der Waals surface area contributed by atoms with E-state index in [0.29, 0.717) is 12.3 Å². The zero-order chi connectivity index (χ0) is 14.6. The van der Waals surface area contributed by atoms with Crippen LogP contribution in [0.2, 0.25) is 0 Å². The molecule has 1 rings (SSSR count). The van der Waals surface area contributed by atoms with Gasteiger partial charge in [0, 0.05) is 6.20 Å². The molecule has 0 saturated heterocycles. The van der Waals surface area contributed by atoms with E-state index in [1.807, 2.05) is 5.32 Å². The van der Waals surface area contributed by atoms with Gasteiger partial charge in [-0.05, 0) is 12.1 Å². The normalized spacial score (nSPS) is 12.8. The number of hydrogen-bond donors (Lipinski definition) is 3. The number of aliphatic hydroxyl groups excluding tert-OH is 1. The molecule has 0 bridgehead atoms. The number of nitrogens with one attached hydrogen (secondary N) is 1. The Labute approximate surface area is 104 Å². The van der Waals surface area contributed by atoms with Gasteiger partial charge in [0.2, 0.25) is 0 Å². The molecule has 0 spiro atoms. The number of carboxylic acids is 1. The second-order valence-electron chi connectivity index (χ2n) is 3.48. The molecule has 1 atom stereocenters. The van der Waals surface area contributed by atoms with Gasteiger partial charge in [0.15, 0.2) is 6.04 Å². The monoisotopic (exact) mass is 278 g/mol. The molecule has 104 valence electrons. The topological polar surface area (TPSA) is 99.5 Å². The van der Waals surface area contributed by atoms with E-state index in [1.54, 1.807) is 0 Å². The Morgan fingerprint density at radius 2 is 2.00 bits per heavy atom. The van der Waals surface area contributed by atoms with Gasteiger partial charge in [-0.1, -0.05) is 0 Å². The number of amides is 1. The Morgan fingerprint density at radius 3 is 2.37 bits per heavy atom. The van der Waals surface area contributed by atoms with Crippen LogP contribution in [0.15, 0.2) is 18.3 Å². The second kappa shape index (κ2) is 5.65. The van der Waals surface area contributed by atoms with E-state index < -0.39 is 36.4 Å². The van der Waals surface area contributed by atoms with E-state index in [9.17, 15) is 22.8 Å². The number of rotatable bonds is 4. The van der Waals surface area contributed by atoms with E-state index in [1.165, 1.54) is 0 Å². The lowest BCUT2D eigenvalue weighted by Crippen LogP contribution is -2.43. The van der Waals surface area contributed by atoms with E-state index in [0.717, 1.165) is 6.07 Å². The molecule has 1 aromatic heterocycles. The summed E-state index contributed by atoms with van der Waals surface area (Å²) in [7, 11) is 0. The highest BCUT2D eigenvalue weighted by Crippen LogP contribution is 2.27. The largest absolute Gasteiger partial charge is 0.480 e. The van der Waals surface area contributed by atoms with Gasteiger partial charge >= 0.3 is 12.1 Å². The van der Waals surface area contributed by atoms with Crippen LogP contribution < -0.4 is 5.32 Å². The minimum absolute atomic E-state index is 0.243. The van der Waals surface area contributed by atoms with Crippen molar-refractivity contribution in [1.29, 1.82) is 0 Å². The number of alkyl halides is 3. The fraction of sp³-hybridized carbons (Fsp3) is 0.300. The number of carboxylic acid groups (broad SMARTS) is 1. The van der Waals surface area contributed by atoms with Gasteiger partial charge in [0.05, 0.1) is 12.2 Å². The molecule has 3 N–H and O–H groups in total. The lowest BCUT2D eigenvalue weighted by molar-refractivity contribution is -0.141. The molecule has 9 heteroatoms. The van der Waals surface area contributed by atoms with Crippen LogP contribution in [0.1, 0.15) is 16.1 Å². The summed E-state index contributed by atoms with van der Waals surface area (Å²) in [5, 5.41) is 19.2. The van der Waals surface area contributed by atoms with Gasteiger partial charge in [0.1, 0.15) is 5.69 Å². The Kier molecular flexibility index (Phi) is 4.43. The van der Waals surface area contributed by atoms with Crippen LogP contribution in [0, 0.1) is 0 Å². The molecule has 0 fully saturated rings. The highest BCUT2D eigenvalue weighted by Gasteiger charge is 2.32. The highest BCUT2D eigenvalue weighted by atomic mass is 19.4. The number of aliphatic hydroxyl groups is 1. The van der Waals surface area contributed by atoms with Gasteiger partial charge in [-0.3, -0.25) is 9.78 Å².